The molecule has 4 N–H and O–H groups in total. The van der Waals surface area contributed by atoms with Crippen LogP contribution in [0.3, 0.4) is 0 Å². The number of ether oxygens (including phenoxy) is 1. The van der Waals surface area contributed by atoms with Crippen LogP contribution in [-0.2, 0) is 16.0 Å². The molecule has 0 spiro atoms. The highest BCUT2D eigenvalue weighted by atomic mass is 16.5. The van der Waals surface area contributed by atoms with Gasteiger partial charge in [0.15, 0.2) is 0 Å². The van der Waals surface area contributed by atoms with Crippen LogP contribution in [0, 0.1) is 0 Å². The third-order valence-corrected chi connectivity index (χ3v) is 3.29. The van der Waals surface area contributed by atoms with E-state index < -0.39 is 23.7 Å². The number of aromatic amines is 1. The first-order valence-corrected chi connectivity index (χ1v) is 7.07. The third-order valence-electron chi connectivity index (χ3n) is 3.29. The molecule has 0 aliphatic heterocycles. The van der Waals surface area contributed by atoms with Crippen molar-refractivity contribution in [3.63, 3.8) is 0 Å². The Morgan fingerprint density at radius 3 is 2.46 bits per heavy atom. The van der Waals surface area contributed by atoms with Gasteiger partial charge in [-0.25, -0.2) is 14.4 Å². The molecule has 0 saturated heterocycles. The van der Waals surface area contributed by atoms with E-state index in [-0.39, 0.29) is 11.4 Å². The average Bonchev–Trinajstić information content (AvgIpc) is 2.93. The van der Waals surface area contributed by atoms with E-state index in [1.54, 1.807) is 6.07 Å². The quantitative estimate of drug-likeness (QED) is 0.450. The first-order valence-electron chi connectivity index (χ1n) is 7.07. The summed E-state index contributed by atoms with van der Waals surface area (Å²) in [6, 6.07) is 4.47. The van der Waals surface area contributed by atoms with Crippen molar-refractivity contribution in [2.24, 2.45) is 0 Å². The van der Waals surface area contributed by atoms with Crippen LogP contribution in [0.2, 0.25) is 0 Å². The maximum Gasteiger partial charge on any atom is 0.372 e. The molecule has 0 saturated carbocycles. The SMILES string of the molecule is CCCc1c(OC(=CC(=O)O)C(=O)O)ccc2[nH]c(C(=O)O)cc12. The number of rotatable bonds is 7. The van der Waals surface area contributed by atoms with Gasteiger partial charge >= 0.3 is 17.9 Å². The van der Waals surface area contributed by atoms with Crippen molar-refractivity contribution in [3.05, 3.63) is 41.3 Å². The highest BCUT2D eigenvalue weighted by molar-refractivity contribution is 5.96. The molecule has 8 heteroatoms. The van der Waals surface area contributed by atoms with Gasteiger partial charge in [0.1, 0.15) is 11.4 Å². The minimum Gasteiger partial charge on any atom is -0.478 e. The summed E-state index contributed by atoms with van der Waals surface area (Å²) in [7, 11) is 0. The number of carboxylic acid groups (broad SMARTS) is 3. The van der Waals surface area contributed by atoms with Gasteiger partial charge in [-0.15, -0.1) is 0 Å². The fourth-order valence-electron chi connectivity index (χ4n) is 2.33. The van der Waals surface area contributed by atoms with Gasteiger partial charge in [0.2, 0.25) is 5.76 Å². The highest BCUT2D eigenvalue weighted by Gasteiger charge is 2.18. The van der Waals surface area contributed by atoms with E-state index in [0.29, 0.717) is 35.4 Å². The summed E-state index contributed by atoms with van der Waals surface area (Å²) in [5, 5.41) is 27.5. The zero-order valence-corrected chi connectivity index (χ0v) is 12.7. The number of fused-ring (bicyclic) bond motifs is 1. The van der Waals surface area contributed by atoms with Crippen molar-refractivity contribution in [2.45, 2.75) is 19.8 Å². The predicted molar refractivity (Wildman–Crippen MR) is 83.2 cm³/mol. The first kappa shape index (κ1) is 17.1. The van der Waals surface area contributed by atoms with Crippen LogP contribution >= 0.6 is 0 Å². The minimum absolute atomic E-state index is 0.000890. The molecule has 0 aliphatic rings. The number of benzene rings is 1. The fourth-order valence-corrected chi connectivity index (χ4v) is 2.33. The second-order valence-electron chi connectivity index (χ2n) is 5.00. The van der Waals surface area contributed by atoms with Crippen LogP contribution in [0.15, 0.2) is 30.0 Å². The number of nitrogens with one attached hydrogen (secondary N) is 1. The third kappa shape index (κ3) is 3.54. The predicted octanol–water partition coefficient (Wildman–Crippen LogP) is 2.25. The lowest BCUT2D eigenvalue weighted by molar-refractivity contribution is -0.137. The van der Waals surface area contributed by atoms with Gasteiger partial charge in [-0.2, -0.15) is 0 Å². The summed E-state index contributed by atoms with van der Waals surface area (Å²) < 4.78 is 5.27. The number of aromatic nitrogens is 1. The molecule has 0 atom stereocenters. The van der Waals surface area contributed by atoms with Crippen LogP contribution in [0.5, 0.6) is 5.75 Å². The van der Waals surface area contributed by atoms with Crippen molar-refractivity contribution in [3.8, 4) is 5.75 Å². The average molecular weight is 333 g/mol. The van der Waals surface area contributed by atoms with E-state index in [4.69, 9.17) is 20.1 Å². The molecule has 1 aromatic carbocycles. The van der Waals surface area contributed by atoms with Gasteiger partial charge in [-0.1, -0.05) is 13.3 Å². The molecule has 126 valence electrons. The molecule has 24 heavy (non-hydrogen) atoms. The molecular weight excluding hydrogens is 318 g/mol. The molecule has 2 rings (SSSR count). The lowest BCUT2D eigenvalue weighted by Gasteiger charge is -2.12. The van der Waals surface area contributed by atoms with E-state index >= 15 is 0 Å². The number of carboxylic acids is 3. The Morgan fingerprint density at radius 1 is 1.21 bits per heavy atom. The van der Waals surface area contributed by atoms with Crippen LogP contribution in [0.1, 0.15) is 29.4 Å². The smallest absolute Gasteiger partial charge is 0.372 e. The zero-order chi connectivity index (χ0) is 17.9. The van der Waals surface area contributed by atoms with E-state index in [0.717, 1.165) is 0 Å². The van der Waals surface area contributed by atoms with Crippen LogP contribution in [0.25, 0.3) is 10.9 Å². The molecule has 2 aromatic rings. The molecule has 0 radical (unpaired) electrons. The van der Waals surface area contributed by atoms with Crippen LogP contribution in [-0.4, -0.2) is 38.2 Å². The summed E-state index contributed by atoms with van der Waals surface area (Å²) in [6.45, 7) is 1.90. The molecule has 1 aromatic heterocycles. The summed E-state index contributed by atoms with van der Waals surface area (Å²) in [6.07, 6.45) is 1.67. The fraction of sp³-hybridized carbons (Fsp3) is 0.188. The van der Waals surface area contributed by atoms with E-state index in [2.05, 4.69) is 4.98 Å². The zero-order valence-electron chi connectivity index (χ0n) is 12.7. The molecule has 0 unspecified atom stereocenters. The van der Waals surface area contributed by atoms with Crippen LogP contribution < -0.4 is 4.74 Å². The topological polar surface area (TPSA) is 137 Å². The van der Waals surface area contributed by atoms with Gasteiger partial charge in [-0.05, 0) is 24.6 Å². The van der Waals surface area contributed by atoms with Gasteiger partial charge < -0.3 is 25.0 Å². The molecule has 0 fully saturated rings. The Hall–Kier alpha value is -3.29. The Bertz CT molecular complexity index is 847. The molecule has 0 aliphatic carbocycles. The number of aryl methyl sites for hydroxylation is 1. The lowest BCUT2D eigenvalue weighted by atomic mass is 10.0. The van der Waals surface area contributed by atoms with E-state index in [9.17, 15) is 14.4 Å². The van der Waals surface area contributed by atoms with Gasteiger partial charge in [0, 0.05) is 16.5 Å². The number of hydrogen-bond acceptors (Lipinski definition) is 4. The monoisotopic (exact) mass is 333 g/mol. The highest BCUT2D eigenvalue weighted by Crippen LogP contribution is 2.31. The van der Waals surface area contributed by atoms with Crippen molar-refractivity contribution < 1.29 is 34.4 Å². The second-order valence-corrected chi connectivity index (χ2v) is 5.00. The number of carbonyl (C=O) groups is 3. The molecular formula is C16H15NO7. The van der Waals surface area contributed by atoms with Gasteiger partial charge in [0.05, 0.1) is 6.08 Å². The standard InChI is InChI=1S/C16H15NO7/c1-2-3-8-9-6-11(15(20)21)17-10(9)4-5-12(8)24-13(16(22)23)7-14(18)19/h4-7,17H,2-3H2,1H3,(H,18,19)(H,20,21)(H,22,23). The molecule has 0 amide bonds. The van der Waals surface area contributed by atoms with E-state index in [1.807, 2.05) is 6.92 Å². The Labute approximate surface area is 136 Å². The van der Waals surface area contributed by atoms with Gasteiger partial charge in [-0.3, -0.25) is 0 Å². The van der Waals surface area contributed by atoms with Crippen molar-refractivity contribution in [1.82, 2.24) is 4.98 Å². The normalized spacial score (nSPS) is 11.5. The van der Waals surface area contributed by atoms with Crippen molar-refractivity contribution in [2.75, 3.05) is 0 Å². The Balaban J connectivity index is 2.56. The first-order chi connectivity index (χ1) is 11.3. The van der Waals surface area contributed by atoms with Crippen molar-refractivity contribution in [1.29, 1.82) is 0 Å². The number of hydrogen-bond donors (Lipinski definition) is 4. The number of aromatic carboxylic acids is 1. The minimum atomic E-state index is -1.51. The Morgan fingerprint density at radius 2 is 1.92 bits per heavy atom. The van der Waals surface area contributed by atoms with E-state index in [1.165, 1.54) is 12.1 Å². The van der Waals surface area contributed by atoms with Gasteiger partial charge in [0.25, 0.3) is 0 Å². The summed E-state index contributed by atoms with van der Waals surface area (Å²) >= 11 is 0. The van der Waals surface area contributed by atoms with Crippen molar-refractivity contribution >= 4 is 28.8 Å². The maximum atomic E-state index is 11.1. The largest absolute Gasteiger partial charge is 0.478 e. The summed E-state index contributed by atoms with van der Waals surface area (Å²) in [5.74, 6) is -4.63. The number of H-pyrrole nitrogens is 1. The molecule has 8 nitrogen and oxygen atoms in total. The summed E-state index contributed by atoms with van der Waals surface area (Å²) in [5.41, 5.74) is 1.18. The summed E-state index contributed by atoms with van der Waals surface area (Å²) in [4.78, 5) is 35.7. The maximum absolute atomic E-state index is 11.1. The molecule has 1 heterocycles. The molecule has 0 bridgehead atoms. The number of aliphatic carboxylic acids is 2. The Kier molecular flexibility index (Phi) is 4.88. The lowest BCUT2D eigenvalue weighted by Crippen LogP contribution is -2.11. The van der Waals surface area contributed by atoms with Crippen LogP contribution in [0.4, 0.5) is 0 Å². The second kappa shape index (κ2) is 6.86.